The van der Waals surface area contributed by atoms with Crippen LogP contribution in [0.4, 0.5) is 0 Å². The molecule has 0 aliphatic carbocycles. The van der Waals surface area contributed by atoms with Gasteiger partial charge >= 0.3 is 0 Å². The van der Waals surface area contributed by atoms with E-state index in [0.29, 0.717) is 50.4 Å². The maximum Gasteiger partial charge on any atom is 0.260 e. The molecule has 0 unspecified atom stereocenters. The Labute approximate surface area is 231 Å². The number of amides is 1. The van der Waals surface area contributed by atoms with Gasteiger partial charge in [-0.2, -0.15) is 0 Å². The van der Waals surface area contributed by atoms with Crippen molar-refractivity contribution in [1.29, 1.82) is 0 Å². The molecule has 0 spiro atoms. The zero-order chi connectivity index (χ0) is 25.2. The molecule has 36 heavy (non-hydrogen) atoms. The number of rotatable bonds is 6. The molecule has 1 aliphatic heterocycles. The first-order valence-electron chi connectivity index (χ1n) is 11.1. The van der Waals surface area contributed by atoms with Crippen LogP contribution in [0.25, 0.3) is 22.7 Å². The van der Waals surface area contributed by atoms with E-state index in [0.717, 1.165) is 29.1 Å². The van der Waals surface area contributed by atoms with Crippen LogP contribution in [0.1, 0.15) is 23.8 Å². The number of thiazole rings is 1. The van der Waals surface area contributed by atoms with Crippen LogP contribution in [0.2, 0.25) is 20.1 Å². The Bertz CT molecular complexity index is 1400. The fraction of sp³-hybridized carbons (Fsp3) is 0.240. The largest absolute Gasteiger partial charge is 0.482 e. The van der Waals surface area contributed by atoms with Crippen LogP contribution in [-0.4, -0.2) is 40.6 Å². The topological polar surface area (TPSA) is 68.5 Å². The first-order valence-corrected chi connectivity index (χ1v) is 13.5. The zero-order valence-corrected chi connectivity index (χ0v) is 22.6. The van der Waals surface area contributed by atoms with Crippen molar-refractivity contribution in [3.63, 3.8) is 0 Å². The molecule has 186 valence electrons. The van der Waals surface area contributed by atoms with Gasteiger partial charge in [-0.15, -0.1) is 11.3 Å². The molecule has 3 heterocycles. The SMILES string of the molecule is O=C(COc1ccc(Cl)cc1Cl)N1CCC(c2nc(-c3cc(-c4ccc(Cl)c(Cl)c4)no3)cs2)CC1. The van der Waals surface area contributed by atoms with Crippen molar-refractivity contribution in [3.8, 4) is 28.5 Å². The number of hydrogen-bond donors (Lipinski definition) is 0. The highest BCUT2D eigenvalue weighted by Gasteiger charge is 2.26. The quantitative estimate of drug-likeness (QED) is 0.231. The molecular weight excluding hydrogens is 564 g/mol. The van der Waals surface area contributed by atoms with Gasteiger partial charge in [-0.3, -0.25) is 4.79 Å². The summed E-state index contributed by atoms with van der Waals surface area (Å²) >= 11 is 25.7. The second-order valence-corrected chi connectivity index (χ2v) is 10.8. The van der Waals surface area contributed by atoms with E-state index in [1.54, 1.807) is 41.7 Å². The number of carbonyl (C=O) groups is 1. The highest BCUT2D eigenvalue weighted by Crippen LogP contribution is 2.35. The summed E-state index contributed by atoms with van der Waals surface area (Å²) < 4.78 is 11.1. The third-order valence-corrected chi connectivity index (χ3v) is 8.22. The van der Waals surface area contributed by atoms with E-state index in [1.807, 2.05) is 22.4 Å². The molecule has 5 rings (SSSR count). The molecule has 0 radical (unpaired) electrons. The molecule has 4 aromatic rings. The van der Waals surface area contributed by atoms with E-state index < -0.39 is 0 Å². The molecule has 0 N–H and O–H groups in total. The maximum absolute atomic E-state index is 12.6. The fourth-order valence-electron chi connectivity index (χ4n) is 3.97. The van der Waals surface area contributed by atoms with E-state index >= 15 is 0 Å². The molecule has 0 bridgehead atoms. The predicted octanol–water partition coefficient (Wildman–Crippen LogP) is 7.86. The lowest BCUT2D eigenvalue weighted by Crippen LogP contribution is -2.40. The van der Waals surface area contributed by atoms with Gasteiger partial charge in [-0.05, 0) is 43.2 Å². The molecule has 0 atom stereocenters. The average Bonchev–Trinajstić information content (AvgIpc) is 3.55. The summed E-state index contributed by atoms with van der Waals surface area (Å²) in [6.45, 7) is 1.21. The molecule has 11 heteroatoms. The Kier molecular flexibility index (Phi) is 7.74. The van der Waals surface area contributed by atoms with Crippen molar-refractivity contribution in [2.45, 2.75) is 18.8 Å². The lowest BCUT2D eigenvalue weighted by Gasteiger charge is -2.31. The molecule has 2 aromatic carbocycles. The van der Waals surface area contributed by atoms with Gasteiger partial charge in [-0.1, -0.05) is 57.6 Å². The van der Waals surface area contributed by atoms with Gasteiger partial charge in [0.15, 0.2) is 12.4 Å². The number of nitrogens with zero attached hydrogens (tertiary/aromatic N) is 3. The van der Waals surface area contributed by atoms with Crippen LogP contribution in [0, 0.1) is 0 Å². The van der Waals surface area contributed by atoms with E-state index in [4.69, 9.17) is 60.6 Å². The molecule has 0 saturated carbocycles. The van der Waals surface area contributed by atoms with Gasteiger partial charge in [0.25, 0.3) is 5.91 Å². The van der Waals surface area contributed by atoms with E-state index in [1.165, 1.54) is 0 Å². The molecule has 1 aliphatic rings. The van der Waals surface area contributed by atoms with Gasteiger partial charge < -0.3 is 14.2 Å². The number of carbonyl (C=O) groups excluding carboxylic acids is 1. The summed E-state index contributed by atoms with van der Waals surface area (Å²) in [4.78, 5) is 19.2. The van der Waals surface area contributed by atoms with Crippen LogP contribution in [0.15, 0.2) is 52.4 Å². The van der Waals surface area contributed by atoms with Gasteiger partial charge in [0.05, 0.1) is 20.1 Å². The van der Waals surface area contributed by atoms with Crippen molar-refractivity contribution in [1.82, 2.24) is 15.0 Å². The highest BCUT2D eigenvalue weighted by molar-refractivity contribution is 7.10. The number of benzene rings is 2. The summed E-state index contributed by atoms with van der Waals surface area (Å²) in [5, 5.41) is 8.98. The third kappa shape index (κ3) is 5.66. The fourth-order valence-corrected chi connectivity index (χ4v) is 5.72. The van der Waals surface area contributed by atoms with Crippen LogP contribution >= 0.6 is 57.7 Å². The van der Waals surface area contributed by atoms with E-state index in [-0.39, 0.29) is 18.4 Å². The van der Waals surface area contributed by atoms with Crippen molar-refractivity contribution in [2.24, 2.45) is 0 Å². The van der Waals surface area contributed by atoms with Crippen molar-refractivity contribution < 1.29 is 14.1 Å². The molecule has 6 nitrogen and oxygen atoms in total. The Balaban J connectivity index is 1.17. The van der Waals surface area contributed by atoms with Gasteiger partial charge in [0.1, 0.15) is 17.1 Å². The van der Waals surface area contributed by atoms with Crippen LogP contribution in [0.5, 0.6) is 5.75 Å². The third-order valence-electron chi connectivity index (χ3n) is 5.94. The summed E-state index contributed by atoms with van der Waals surface area (Å²) in [6.07, 6.45) is 1.65. The number of aromatic nitrogens is 2. The predicted molar refractivity (Wildman–Crippen MR) is 144 cm³/mol. The monoisotopic (exact) mass is 581 g/mol. The standard InChI is InChI=1S/C25H19Cl4N3O3S/c26-16-2-4-22(19(29)10-16)34-12-24(33)32-7-5-14(6-8-32)25-30-21(13-36-25)23-11-20(31-35-23)15-1-3-17(27)18(28)9-15/h1-4,9-11,13-14H,5-8,12H2. The number of piperidine rings is 1. The second kappa shape index (κ2) is 11.0. The highest BCUT2D eigenvalue weighted by atomic mass is 35.5. The molecular formula is C25H19Cl4N3O3S. The minimum atomic E-state index is -0.0733. The van der Waals surface area contributed by atoms with E-state index in [2.05, 4.69) is 5.16 Å². The summed E-state index contributed by atoms with van der Waals surface area (Å²) in [6, 6.07) is 12.1. The number of hydrogen-bond acceptors (Lipinski definition) is 6. The van der Waals surface area contributed by atoms with E-state index in [9.17, 15) is 4.79 Å². The van der Waals surface area contributed by atoms with Crippen LogP contribution in [-0.2, 0) is 4.79 Å². The van der Waals surface area contributed by atoms with Gasteiger partial charge in [0.2, 0.25) is 0 Å². The minimum Gasteiger partial charge on any atom is -0.482 e. The Morgan fingerprint density at radius 3 is 2.56 bits per heavy atom. The lowest BCUT2D eigenvalue weighted by molar-refractivity contribution is -0.134. The summed E-state index contributed by atoms with van der Waals surface area (Å²) in [5.41, 5.74) is 2.21. The van der Waals surface area contributed by atoms with Crippen molar-refractivity contribution in [3.05, 3.63) is 72.9 Å². The Morgan fingerprint density at radius 1 is 1.00 bits per heavy atom. The minimum absolute atomic E-state index is 0.0694. The zero-order valence-electron chi connectivity index (χ0n) is 18.7. The average molecular weight is 583 g/mol. The van der Waals surface area contributed by atoms with Crippen LogP contribution in [0.3, 0.4) is 0 Å². The first-order chi connectivity index (χ1) is 17.4. The summed E-state index contributed by atoms with van der Waals surface area (Å²) in [7, 11) is 0. The number of likely N-dealkylation sites (tertiary alicyclic amines) is 1. The second-order valence-electron chi connectivity index (χ2n) is 8.29. The maximum atomic E-state index is 12.6. The Hall–Kier alpha value is -2.29. The van der Waals surface area contributed by atoms with Crippen molar-refractivity contribution >= 4 is 63.6 Å². The molecule has 1 fully saturated rings. The lowest BCUT2D eigenvalue weighted by atomic mass is 9.97. The van der Waals surface area contributed by atoms with Crippen LogP contribution < -0.4 is 4.74 Å². The normalized spacial score (nSPS) is 14.3. The smallest absolute Gasteiger partial charge is 0.260 e. The molecule has 2 aromatic heterocycles. The molecule has 1 amide bonds. The summed E-state index contributed by atoms with van der Waals surface area (Å²) in [5.74, 6) is 1.23. The number of halogens is 4. The first kappa shape index (κ1) is 25.4. The molecule has 1 saturated heterocycles. The van der Waals surface area contributed by atoms with Gasteiger partial charge in [0, 0.05) is 41.0 Å². The Morgan fingerprint density at radius 2 is 1.81 bits per heavy atom. The van der Waals surface area contributed by atoms with Crippen molar-refractivity contribution in [2.75, 3.05) is 19.7 Å². The number of ether oxygens (including phenoxy) is 1. The van der Waals surface area contributed by atoms with Gasteiger partial charge in [-0.25, -0.2) is 4.98 Å².